The summed E-state index contributed by atoms with van der Waals surface area (Å²) in [5.41, 5.74) is 3.15. The van der Waals surface area contributed by atoms with Gasteiger partial charge >= 0.3 is 6.03 Å². The summed E-state index contributed by atoms with van der Waals surface area (Å²) < 4.78 is 11.1. The van der Waals surface area contributed by atoms with Crippen LogP contribution in [0, 0.1) is 6.92 Å². The van der Waals surface area contributed by atoms with Crippen molar-refractivity contribution in [2.45, 2.75) is 6.92 Å². The fourth-order valence-corrected chi connectivity index (χ4v) is 3.24. The van der Waals surface area contributed by atoms with Gasteiger partial charge in [-0.3, -0.25) is 4.79 Å². The Hall–Kier alpha value is -4.00. The zero-order valence-corrected chi connectivity index (χ0v) is 16.9. The Morgan fingerprint density at radius 1 is 0.967 bits per heavy atom. The van der Waals surface area contributed by atoms with Crippen LogP contribution in [0.1, 0.15) is 15.9 Å². The fourth-order valence-electron chi connectivity index (χ4n) is 3.24. The molecule has 1 heterocycles. The fraction of sp³-hybridized carbons (Fsp3) is 0.130. The van der Waals surface area contributed by atoms with Crippen LogP contribution in [0.5, 0.6) is 17.2 Å². The molecule has 1 aliphatic heterocycles. The lowest BCUT2D eigenvalue weighted by Gasteiger charge is -2.17. The van der Waals surface area contributed by atoms with E-state index in [2.05, 4.69) is 10.6 Å². The molecule has 0 unspecified atom stereocenters. The molecule has 30 heavy (non-hydrogen) atoms. The number of urea groups is 1. The Morgan fingerprint density at radius 2 is 1.70 bits per heavy atom. The number of carbonyl (C=O) groups excluding carboxylic acids is 2. The number of hydrogen-bond acceptors (Lipinski definition) is 4. The minimum Gasteiger partial charge on any atom is -0.497 e. The van der Waals surface area contributed by atoms with Crippen molar-refractivity contribution in [1.82, 2.24) is 0 Å². The summed E-state index contributed by atoms with van der Waals surface area (Å²) in [7, 11) is 3.26. The maximum atomic E-state index is 13.0. The van der Waals surface area contributed by atoms with Crippen molar-refractivity contribution in [3.05, 3.63) is 71.8 Å². The zero-order chi connectivity index (χ0) is 21.3. The number of anilines is 3. The average molecular weight is 403 g/mol. The molecule has 3 aromatic carbocycles. The van der Waals surface area contributed by atoms with Gasteiger partial charge in [-0.05, 0) is 55.0 Å². The number of carbonyl (C=O) groups is 2. The van der Waals surface area contributed by atoms with Gasteiger partial charge in [-0.25, -0.2) is 4.79 Å². The van der Waals surface area contributed by atoms with E-state index in [4.69, 9.17) is 9.47 Å². The summed E-state index contributed by atoms with van der Waals surface area (Å²) in [5.74, 6) is 1.46. The molecule has 0 aliphatic carbocycles. The summed E-state index contributed by atoms with van der Waals surface area (Å²) in [6, 6.07) is 17.3. The molecule has 3 aromatic rings. The summed E-state index contributed by atoms with van der Waals surface area (Å²) in [5, 5.41) is 5.49. The van der Waals surface area contributed by atoms with Crippen LogP contribution in [-0.2, 0) is 0 Å². The standard InChI is InChI=1S/C23H21N3O4/c1-14-7-9-21-19(11-14)26(2)22(27)18-13-16(8-10-20(18)30-21)25-23(28)24-15-5-4-6-17(12-15)29-3/h4-13H,1-3H3,(H2,24,25,28). The summed E-state index contributed by atoms with van der Waals surface area (Å²) in [4.78, 5) is 27.0. The van der Waals surface area contributed by atoms with Gasteiger partial charge < -0.3 is 25.0 Å². The van der Waals surface area contributed by atoms with Gasteiger partial charge in [0.15, 0.2) is 5.75 Å². The number of ether oxygens (including phenoxy) is 2. The van der Waals surface area contributed by atoms with Crippen LogP contribution in [-0.4, -0.2) is 26.1 Å². The largest absolute Gasteiger partial charge is 0.497 e. The first-order valence-corrected chi connectivity index (χ1v) is 9.37. The van der Waals surface area contributed by atoms with Crippen molar-refractivity contribution in [3.8, 4) is 17.2 Å². The van der Waals surface area contributed by atoms with E-state index in [0.29, 0.717) is 39.9 Å². The highest BCUT2D eigenvalue weighted by Crippen LogP contribution is 2.39. The van der Waals surface area contributed by atoms with Gasteiger partial charge in [0.25, 0.3) is 5.91 Å². The lowest BCUT2D eigenvalue weighted by atomic mass is 10.1. The first-order valence-electron chi connectivity index (χ1n) is 9.37. The normalized spacial score (nSPS) is 12.2. The molecule has 0 saturated carbocycles. The van der Waals surface area contributed by atoms with Crippen molar-refractivity contribution in [1.29, 1.82) is 0 Å². The van der Waals surface area contributed by atoms with Crippen LogP contribution >= 0.6 is 0 Å². The van der Waals surface area contributed by atoms with E-state index < -0.39 is 6.03 Å². The second kappa shape index (κ2) is 7.79. The predicted octanol–water partition coefficient (Wildman–Crippen LogP) is 5.03. The van der Waals surface area contributed by atoms with E-state index in [9.17, 15) is 9.59 Å². The highest BCUT2D eigenvalue weighted by atomic mass is 16.5. The van der Waals surface area contributed by atoms with Crippen molar-refractivity contribution < 1.29 is 19.1 Å². The topological polar surface area (TPSA) is 79.9 Å². The third-order valence-electron chi connectivity index (χ3n) is 4.80. The molecule has 0 saturated heterocycles. The number of hydrogen-bond donors (Lipinski definition) is 2. The van der Waals surface area contributed by atoms with Crippen LogP contribution in [0.15, 0.2) is 60.7 Å². The molecule has 0 radical (unpaired) electrons. The smallest absolute Gasteiger partial charge is 0.323 e. The van der Waals surface area contributed by atoms with Gasteiger partial charge in [0.05, 0.1) is 18.4 Å². The van der Waals surface area contributed by atoms with Gasteiger partial charge in [0.1, 0.15) is 11.5 Å². The number of nitrogens with one attached hydrogen (secondary N) is 2. The number of aryl methyl sites for hydroxylation is 1. The van der Waals surface area contributed by atoms with E-state index in [-0.39, 0.29) is 5.91 Å². The number of methoxy groups -OCH3 is 1. The molecule has 0 spiro atoms. The van der Waals surface area contributed by atoms with Crippen LogP contribution < -0.4 is 25.0 Å². The minimum atomic E-state index is -0.433. The van der Waals surface area contributed by atoms with Gasteiger partial charge in [-0.2, -0.15) is 0 Å². The van der Waals surface area contributed by atoms with Crippen LogP contribution in [0.25, 0.3) is 0 Å². The van der Waals surface area contributed by atoms with Crippen LogP contribution in [0.4, 0.5) is 21.9 Å². The molecule has 0 bridgehead atoms. The Bertz CT molecular complexity index is 1140. The Morgan fingerprint density at radius 3 is 2.47 bits per heavy atom. The molecule has 7 nitrogen and oxygen atoms in total. The van der Waals surface area contributed by atoms with Crippen molar-refractivity contribution in [2.24, 2.45) is 0 Å². The van der Waals surface area contributed by atoms with Crippen molar-refractivity contribution >= 4 is 29.0 Å². The zero-order valence-electron chi connectivity index (χ0n) is 16.9. The van der Waals surface area contributed by atoms with Gasteiger partial charge in [-0.1, -0.05) is 12.1 Å². The third-order valence-corrected chi connectivity index (χ3v) is 4.80. The lowest BCUT2D eigenvalue weighted by Crippen LogP contribution is -2.25. The first kappa shape index (κ1) is 19.3. The van der Waals surface area contributed by atoms with Crippen LogP contribution in [0.2, 0.25) is 0 Å². The summed E-state index contributed by atoms with van der Waals surface area (Å²) in [6.45, 7) is 1.96. The maximum Gasteiger partial charge on any atom is 0.323 e. The summed E-state index contributed by atoms with van der Waals surface area (Å²) >= 11 is 0. The van der Waals surface area contributed by atoms with E-state index in [1.165, 1.54) is 0 Å². The van der Waals surface area contributed by atoms with Gasteiger partial charge in [-0.15, -0.1) is 0 Å². The number of nitrogens with zero attached hydrogens (tertiary/aromatic N) is 1. The maximum absolute atomic E-state index is 13.0. The molecule has 0 fully saturated rings. The predicted molar refractivity (Wildman–Crippen MR) is 116 cm³/mol. The number of amides is 3. The lowest BCUT2D eigenvalue weighted by molar-refractivity contribution is 0.0993. The molecule has 0 atom stereocenters. The second-order valence-electron chi connectivity index (χ2n) is 6.96. The third kappa shape index (κ3) is 3.77. The van der Waals surface area contributed by atoms with Crippen molar-refractivity contribution in [3.63, 3.8) is 0 Å². The second-order valence-corrected chi connectivity index (χ2v) is 6.96. The highest BCUT2D eigenvalue weighted by molar-refractivity contribution is 6.10. The molecular weight excluding hydrogens is 382 g/mol. The first-order chi connectivity index (χ1) is 14.4. The summed E-state index contributed by atoms with van der Waals surface area (Å²) in [6.07, 6.45) is 0. The number of rotatable bonds is 3. The molecule has 0 aromatic heterocycles. The Kier molecular flexibility index (Phi) is 5.02. The molecular formula is C23H21N3O4. The van der Waals surface area contributed by atoms with E-state index in [0.717, 1.165) is 5.56 Å². The van der Waals surface area contributed by atoms with E-state index >= 15 is 0 Å². The Balaban J connectivity index is 1.56. The van der Waals surface area contributed by atoms with Crippen molar-refractivity contribution in [2.75, 3.05) is 29.7 Å². The molecule has 7 heteroatoms. The van der Waals surface area contributed by atoms with E-state index in [1.54, 1.807) is 61.5 Å². The minimum absolute atomic E-state index is 0.216. The molecule has 3 amide bonds. The van der Waals surface area contributed by atoms with Gasteiger partial charge in [0.2, 0.25) is 0 Å². The monoisotopic (exact) mass is 403 g/mol. The quantitative estimate of drug-likeness (QED) is 0.643. The van der Waals surface area contributed by atoms with Gasteiger partial charge in [0, 0.05) is 24.5 Å². The average Bonchev–Trinajstić information content (AvgIpc) is 2.83. The molecule has 2 N–H and O–H groups in total. The molecule has 1 aliphatic rings. The molecule has 4 rings (SSSR count). The SMILES string of the molecule is COc1cccc(NC(=O)Nc2ccc3c(c2)C(=O)N(C)c2cc(C)ccc2O3)c1. The van der Waals surface area contributed by atoms with Crippen LogP contribution in [0.3, 0.4) is 0 Å². The number of benzene rings is 3. The van der Waals surface area contributed by atoms with E-state index in [1.807, 2.05) is 25.1 Å². The molecule has 152 valence electrons. The Labute approximate surface area is 174 Å². The highest BCUT2D eigenvalue weighted by Gasteiger charge is 2.26. The number of fused-ring (bicyclic) bond motifs is 2.